The minimum atomic E-state index is -4.52. The highest BCUT2D eigenvalue weighted by molar-refractivity contribution is 5.94. The average molecular weight is 347 g/mol. The normalized spacial score (nSPS) is 13.9. The zero-order valence-corrected chi connectivity index (χ0v) is 12.9. The third-order valence-corrected chi connectivity index (χ3v) is 4.05. The molecule has 1 amide bonds. The molecule has 0 saturated carbocycles. The van der Waals surface area contributed by atoms with Gasteiger partial charge in [-0.05, 0) is 29.8 Å². The fourth-order valence-electron chi connectivity index (χ4n) is 2.77. The Morgan fingerprint density at radius 2 is 2.04 bits per heavy atom. The summed E-state index contributed by atoms with van der Waals surface area (Å²) in [4.78, 5) is 28.2. The monoisotopic (exact) mass is 347 g/mol. The molecule has 128 valence electrons. The summed E-state index contributed by atoms with van der Waals surface area (Å²) in [6.07, 6.45) is -4.16. The van der Waals surface area contributed by atoms with Crippen molar-refractivity contribution >= 4 is 5.91 Å². The van der Waals surface area contributed by atoms with E-state index in [0.29, 0.717) is 17.7 Å². The molecule has 25 heavy (non-hydrogen) atoms. The van der Waals surface area contributed by atoms with Crippen LogP contribution in [0.4, 0.5) is 13.2 Å². The van der Waals surface area contributed by atoms with Gasteiger partial charge in [-0.3, -0.25) is 9.59 Å². The Morgan fingerprint density at radius 1 is 1.28 bits per heavy atom. The molecule has 1 aliphatic rings. The molecular weight excluding hydrogens is 335 g/mol. The molecular formula is C17H12F3N3O2. The van der Waals surface area contributed by atoms with E-state index in [9.17, 15) is 22.8 Å². The first-order valence-corrected chi connectivity index (χ1v) is 7.41. The summed E-state index contributed by atoms with van der Waals surface area (Å²) in [6, 6.07) is 7.45. The van der Waals surface area contributed by atoms with Crippen LogP contribution in [0.1, 0.15) is 32.7 Å². The SMILES string of the molecule is N#Cc1cc2c([nH]c1=O)CCN(C(=O)c1cccc(C(F)(F)F)c1)C2. The number of halogens is 3. The number of H-pyrrole nitrogens is 1. The average Bonchev–Trinajstić information content (AvgIpc) is 2.59. The molecule has 2 aromatic rings. The van der Waals surface area contributed by atoms with Crippen molar-refractivity contribution in [2.24, 2.45) is 0 Å². The first kappa shape index (κ1) is 16.8. The number of hydrogen-bond donors (Lipinski definition) is 1. The van der Waals surface area contributed by atoms with E-state index in [-0.39, 0.29) is 24.2 Å². The van der Waals surface area contributed by atoms with Gasteiger partial charge in [0.15, 0.2) is 0 Å². The van der Waals surface area contributed by atoms with Crippen LogP contribution in [0.5, 0.6) is 0 Å². The highest BCUT2D eigenvalue weighted by Gasteiger charge is 2.31. The fraction of sp³-hybridized carbons (Fsp3) is 0.235. The maximum atomic E-state index is 12.8. The van der Waals surface area contributed by atoms with E-state index >= 15 is 0 Å². The van der Waals surface area contributed by atoms with Crippen LogP contribution in [0.15, 0.2) is 35.1 Å². The van der Waals surface area contributed by atoms with Gasteiger partial charge in [-0.15, -0.1) is 0 Å². The standard InChI is InChI=1S/C17H12F3N3O2/c18-17(19,20)13-3-1-2-10(7-13)16(25)23-5-4-14-12(9-23)6-11(8-21)15(24)22-14/h1-3,6-7H,4-5,9H2,(H,22,24). The molecule has 0 aliphatic carbocycles. The molecule has 0 bridgehead atoms. The van der Waals surface area contributed by atoms with Gasteiger partial charge in [0.1, 0.15) is 11.6 Å². The molecule has 0 saturated heterocycles. The first-order chi connectivity index (χ1) is 11.8. The summed E-state index contributed by atoms with van der Waals surface area (Å²) < 4.78 is 38.4. The molecule has 3 rings (SSSR count). The van der Waals surface area contributed by atoms with Gasteiger partial charge in [-0.1, -0.05) is 6.07 Å². The summed E-state index contributed by atoms with van der Waals surface area (Å²) in [5.41, 5.74) is -0.235. The third kappa shape index (κ3) is 3.26. The molecule has 2 heterocycles. The number of fused-ring (bicyclic) bond motifs is 1. The molecule has 5 nitrogen and oxygen atoms in total. The molecule has 0 radical (unpaired) electrons. The van der Waals surface area contributed by atoms with E-state index in [0.717, 1.165) is 12.1 Å². The second kappa shape index (κ2) is 6.09. The molecule has 1 aromatic heterocycles. The van der Waals surface area contributed by atoms with Crippen molar-refractivity contribution in [2.75, 3.05) is 6.54 Å². The third-order valence-electron chi connectivity index (χ3n) is 4.05. The summed E-state index contributed by atoms with van der Waals surface area (Å²) >= 11 is 0. The summed E-state index contributed by atoms with van der Waals surface area (Å²) in [5, 5.41) is 8.92. The van der Waals surface area contributed by atoms with E-state index in [1.165, 1.54) is 23.1 Å². The number of alkyl halides is 3. The maximum Gasteiger partial charge on any atom is 0.416 e. The molecule has 0 spiro atoms. The number of nitrogens with zero attached hydrogens (tertiary/aromatic N) is 2. The van der Waals surface area contributed by atoms with Crippen molar-refractivity contribution < 1.29 is 18.0 Å². The highest BCUT2D eigenvalue weighted by Crippen LogP contribution is 2.30. The number of carbonyl (C=O) groups is 1. The lowest BCUT2D eigenvalue weighted by Crippen LogP contribution is -2.37. The van der Waals surface area contributed by atoms with Crippen molar-refractivity contribution in [1.82, 2.24) is 9.88 Å². The molecule has 0 fully saturated rings. The van der Waals surface area contributed by atoms with E-state index in [2.05, 4.69) is 4.98 Å². The first-order valence-electron chi connectivity index (χ1n) is 7.41. The summed E-state index contributed by atoms with van der Waals surface area (Å²) in [6.45, 7) is 0.389. The van der Waals surface area contributed by atoms with Crippen LogP contribution in [0.25, 0.3) is 0 Å². The number of nitrogens with one attached hydrogen (secondary N) is 1. The number of pyridine rings is 1. The lowest BCUT2D eigenvalue weighted by Gasteiger charge is -2.28. The Kier molecular flexibility index (Phi) is 4.08. The van der Waals surface area contributed by atoms with E-state index in [1.54, 1.807) is 6.07 Å². The molecule has 1 aromatic carbocycles. The Bertz CT molecular complexity index is 941. The van der Waals surface area contributed by atoms with Gasteiger partial charge in [0.2, 0.25) is 0 Å². The van der Waals surface area contributed by atoms with Gasteiger partial charge in [-0.25, -0.2) is 0 Å². The quantitative estimate of drug-likeness (QED) is 0.861. The number of carbonyl (C=O) groups excluding carboxylic acids is 1. The zero-order valence-electron chi connectivity index (χ0n) is 12.9. The van der Waals surface area contributed by atoms with E-state index < -0.39 is 23.2 Å². The van der Waals surface area contributed by atoms with Crippen LogP contribution in [0, 0.1) is 11.3 Å². The highest BCUT2D eigenvalue weighted by atomic mass is 19.4. The number of nitriles is 1. The van der Waals surface area contributed by atoms with Crippen molar-refractivity contribution in [1.29, 1.82) is 5.26 Å². The van der Waals surface area contributed by atoms with Crippen molar-refractivity contribution in [2.45, 2.75) is 19.1 Å². The molecule has 1 aliphatic heterocycles. The van der Waals surface area contributed by atoms with Gasteiger partial charge in [0, 0.05) is 30.8 Å². The summed E-state index contributed by atoms with van der Waals surface area (Å²) in [5.74, 6) is -0.526. The van der Waals surface area contributed by atoms with Crippen LogP contribution in [0.2, 0.25) is 0 Å². The van der Waals surface area contributed by atoms with Gasteiger partial charge in [-0.2, -0.15) is 18.4 Å². The van der Waals surface area contributed by atoms with Crippen molar-refractivity contribution in [3.05, 3.63) is 68.6 Å². The van der Waals surface area contributed by atoms with E-state index in [1.807, 2.05) is 0 Å². The number of amides is 1. The summed E-state index contributed by atoms with van der Waals surface area (Å²) in [7, 11) is 0. The Labute approximate surface area is 140 Å². The number of rotatable bonds is 1. The Morgan fingerprint density at radius 3 is 2.72 bits per heavy atom. The van der Waals surface area contributed by atoms with Gasteiger partial charge in [0.05, 0.1) is 5.56 Å². The van der Waals surface area contributed by atoms with Crippen molar-refractivity contribution in [3.8, 4) is 6.07 Å². The van der Waals surface area contributed by atoms with Crippen LogP contribution >= 0.6 is 0 Å². The maximum absolute atomic E-state index is 12.8. The number of aromatic amines is 1. The van der Waals surface area contributed by atoms with Crippen LogP contribution < -0.4 is 5.56 Å². The molecule has 0 unspecified atom stereocenters. The lowest BCUT2D eigenvalue weighted by atomic mass is 10.0. The van der Waals surface area contributed by atoms with E-state index in [4.69, 9.17) is 5.26 Å². The second-order valence-corrected chi connectivity index (χ2v) is 5.68. The minimum Gasteiger partial charge on any atom is -0.334 e. The number of hydrogen-bond acceptors (Lipinski definition) is 3. The van der Waals surface area contributed by atoms with Crippen molar-refractivity contribution in [3.63, 3.8) is 0 Å². The number of aromatic nitrogens is 1. The van der Waals surface area contributed by atoms with Crippen LogP contribution in [-0.2, 0) is 19.1 Å². The predicted molar refractivity (Wildman–Crippen MR) is 81.7 cm³/mol. The Balaban J connectivity index is 1.88. The smallest absolute Gasteiger partial charge is 0.334 e. The van der Waals surface area contributed by atoms with Crippen LogP contribution in [0.3, 0.4) is 0 Å². The Hall–Kier alpha value is -3.08. The predicted octanol–water partition coefficient (Wildman–Crippen LogP) is 2.46. The zero-order chi connectivity index (χ0) is 18.2. The molecule has 8 heteroatoms. The lowest BCUT2D eigenvalue weighted by molar-refractivity contribution is -0.137. The molecule has 1 N–H and O–H groups in total. The fourth-order valence-corrected chi connectivity index (χ4v) is 2.77. The van der Waals surface area contributed by atoms with Crippen LogP contribution in [-0.4, -0.2) is 22.3 Å². The second-order valence-electron chi connectivity index (χ2n) is 5.68. The topological polar surface area (TPSA) is 77.0 Å². The van der Waals surface area contributed by atoms with Gasteiger partial charge < -0.3 is 9.88 Å². The van der Waals surface area contributed by atoms with Gasteiger partial charge >= 0.3 is 6.18 Å². The minimum absolute atomic E-state index is 0.0526. The molecule has 0 atom stereocenters. The number of benzene rings is 1. The van der Waals surface area contributed by atoms with Gasteiger partial charge in [0.25, 0.3) is 11.5 Å². The largest absolute Gasteiger partial charge is 0.416 e.